The van der Waals surface area contributed by atoms with Gasteiger partial charge in [0.05, 0.1) is 2.74 Å². The van der Waals surface area contributed by atoms with Gasteiger partial charge in [-0.3, -0.25) is 0 Å². The van der Waals surface area contributed by atoms with Crippen LogP contribution in [-0.4, -0.2) is 0 Å². The second-order valence-corrected chi connectivity index (χ2v) is 4.44. The Balaban J connectivity index is 2.04. The third kappa shape index (κ3) is 2.01. The van der Waals surface area contributed by atoms with Gasteiger partial charge < -0.3 is 0 Å². The van der Waals surface area contributed by atoms with Gasteiger partial charge in [-0.15, -0.1) is 0 Å². The van der Waals surface area contributed by atoms with Crippen molar-refractivity contribution in [1.29, 1.82) is 0 Å². The van der Waals surface area contributed by atoms with Crippen LogP contribution in [0.1, 0.15) is 25.0 Å². The van der Waals surface area contributed by atoms with Crippen LogP contribution in [0.3, 0.4) is 0 Å². The van der Waals surface area contributed by atoms with E-state index in [4.69, 9.17) is 2.74 Å². The zero-order valence-corrected chi connectivity index (χ0v) is 9.29. The molecule has 2 aromatic rings. The molecule has 2 aromatic carbocycles. The van der Waals surface area contributed by atoms with Crippen molar-refractivity contribution in [2.24, 2.45) is 0 Å². The summed E-state index contributed by atoms with van der Waals surface area (Å²) in [5, 5.41) is 0. The number of aryl methyl sites for hydroxylation is 4. The van der Waals surface area contributed by atoms with Gasteiger partial charge in [0.2, 0.25) is 0 Å². The first-order valence-electron chi connectivity index (χ1n) is 6.89. The molecule has 4 bridgehead atoms. The summed E-state index contributed by atoms with van der Waals surface area (Å²) in [6.45, 7) is 0. The van der Waals surface area contributed by atoms with Crippen molar-refractivity contribution in [1.82, 2.24) is 0 Å². The molecule has 80 valence electrons. The van der Waals surface area contributed by atoms with Crippen LogP contribution in [0.5, 0.6) is 0 Å². The summed E-state index contributed by atoms with van der Waals surface area (Å²) in [7, 11) is 0. The topological polar surface area (TPSA) is 0 Å². The molecule has 6 rings (SSSR count). The SMILES string of the molecule is [2H]c1cc2ccc1CCc1ccc(cc1[2H])CC2. The van der Waals surface area contributed by atoms with Crippen molar-refractivity contribution in [2.45, 2.75) is 25.7 Å². The van der Waals surface area contributed by atoms with Crippen molar-refractivity contribution in [3.63, 3.8) is 0 Å². The molecule has 0 unspecified atom stereocenters. The van der Waals surface area contributed by atoms with Crippen molar-refractivity contribution in [3.8, 4) is 0 Å². The van der Waals surface area contributed by atoms with Gasteiger partial charge in [0.15, 0.2) is 0 Å². The maximum absolute atomic E-state index is 8.03. The van der Waals surface area contributed by atoms with E-state index < -0.39 is 0 Å². The second kappa shape index (κ2) is 4.13. The van der Waals surface area contributed by atoms with Gasteiger partial charge in [-0.05, 0) is 47.9 Å². The molecule has 0 radical (unpaired) electrons. The van der Waals surface area contributed by atoms with Crippen molar-refractivity contribution < 1.29 is 2.74 Å². The Morgan fingerprint density at radius 3 is 1.38 bits per heavy atom. The van der Waals surface area contributed by atoms with Crippen molar-refractivity contribution in [2.75, 3.05) is 0 Å². The van der Waals surface area contributed by atoms with Crippen LogP contribution in [0.25, 0.3) is 0 Å². The van der Waals surface area contributed by atoms with Crippen LogP contribution in [-0.2, 0) is 25.7 Å². The lowest BCUT2D eigenvalue weighted by Crippen LogP contribution is -1.97. The third-order valence-corrected chi connectivity index (χ3v) is 3.25. The van der Waals surface area contributed by atoms with Gasteiger partial charge in [0, 0.05) is 0 Å². The molecular weight excluding hydrogens is 192 g/mol. The standard InChI is InChI=1S/C16H16/c1-2-14-4-3-13(1)9-10-15-5-7-16(8-6-15)12-11-14/h1-8H,9-12H2/i1D,5D. The normalized spacial score (nSPS) is 16.2. The minimum atomic E-state index is 0.647. The molecule has 0 heteroatoms. The summed E-state index contributed by atoms with van der Waals surface area (Å²) in [5.41, 5.74) is 4.62. The number of rotatable bonds is 0. The Morgan fingerprint density at radius 1 is 0.562 bits per heavy atom. The highest BCUT2D eigenvalue weighted by Crippen LogP contribution is 2.14. The Morgan fingerprint density at radius 2 is 0.938 bits per heavy atom. The average molecular weight is 210 g/mol. The summed E-state index contributed by atoms with van der Waals surface area (Å²) in [5.74, 6) is 0. The highest BCUT2D eigenvalue weighted by Gasteiger charge is 2.01. The van der Waals surface area contributed by atoms with Gasteiger partial charge in [-0.25, -0.2) is 0 Å². The second-order valence-electron chi connectivity index (χ2n) is 4.44. The fourth-order valence-corrected chi connectivity index (χ4v) is 2.16. The van der Waals surface area contributed by atoms with Crippen LogP contribution < -0.4 is 0 Å². The molecule has 0 N–H and O–H groups in total. The zero-order chi connectivity index (χ0) is 12.5. The highest BCUT2D eigenvalue weighted by molar-refractivity contribution is 5.29. The van der Waals surface area contributed by atoms with E-state index in [1.807, 2.05) is 12.1 Å². The highest BCUT2D eigenvalue weighted by atomic mass is 14.1. The smallest absolute Gasteiger partial charge is 0.0588 e. The van der Waals surface area contributed by atoms with Crippen LogP contribution in [0.15, 0.2) is 48.5 Å². The predicted octanol–water partition coefficient (Wildman–Crippen LogP) is 3.57. The number of benzene rings is 2. The first-order chi connectivity index (χ1) is 8.72. The molecule has 0 saturated carbocycles. The third-order valence-electron chi connectivity index (χ3n) is 3.25. The van der Waals surface area contributed by atoms with E-state index in [-0.39, 0.29) is 0 Å². The van der Waals surface area contributed by atoms with Crippen LogP contribution in [0.4, 0.5) is 0 Å². The quantitative estimate of drug-likeness (QED) is 0.623. The molecule has 4 aliphatic rings. The number of hydrogen-bond donors (Lipinski definition) is 0. The van der Waals surface area contributed by atoms with E-state index in [2.05, 4.69) is 24.3 Å². The van der Waals surface area contributed by atoms with Gasteiger partial charge in [0.1, 0.15) is 0 Å². The van der Waals surface area contributed by atoms with E-state index in [9.17, 15) is 0 Å². The summed E-state index contributed by atoms with van der Waals surface area (Å²) >= 11 is 0. The summed E-state index contributed by atoms with van der Waals surface area (Å²) in [4.78, 5) is 0. The molecule has 0 fully saturated rings. The van der Waals surface area contributed by atoms with E-state index in [1.54, 1.807) is 0 Å². The maximum atomic E-state index is 8.03. The summed E-state index contributed by atoms with van der Waals surface area (Å²) < 4.78 is 16.1. The lowest BCUT2D eigenvalue weighted by Gasteiger charge is -2.09. The largest absolute Gasteiger partial charge is 0.0626 e. The van der Waals surface area contributed by atoms with E-state index in [1.165, 1.54) is 11.1 Å². The van der Waals surface area contributed by atoms with Crippen molar-refractivity contribution in [3.05, 3.63) is 70.7 Å². The van der Waals surface area contributed by atoms with E-state index in [0.29, 0.717) is 12.1 Å². The molecule has 0 spiro atoms. The van der Waals surface area contributed by atoms with E-state index >= 15 is 0 Å². The average Bonchev–Trinajstić information content (AvgIpc) is 2.34. The summed E-state index contributed by atoms with van der Waals surface area (Å²) in [6, 6.07) is 13.7. The molecule has 0 aromatic heterocycles. The van der Waals surface area contributed by atoms with Crippen LogP contribution in [0, 0.1) is 0 Å². The molecule has 0 saturated heterocycles. The number of hydrogen-bond acceptors (Lipinski definition) is 0. The molecule has 0 atom stereocenters. The molecule has 0 nitrogen and oxygen atoms in total. The molecule has 0 amide bonds. The molecule has 16 heavy (non-hydrogen) atoms. The lowest BCUT2D eigenvalue weighted by molar-refractivity contribution is 0.921. The Bertz CT molecular complexity index is 534. The summed E-state index contributed by atoms with van der Waals surface area (Å²) in [6.07, 6.45) is 3.60. The van der Waals surface area contributed by atoms with Gasteiger partial charge in [-0.1, -0.05) is 48.5 Å². The molecule has 0 aliphatic heterocycles. The first-order valence-corrected chi connectivity index (χ1v) is 5.89. The van der Waals surface area contributed by atoms with Gasteiger partial charge in [-0.2, -0.15) is 0 Å². The Hall–Kier alpha value is -1.56. The Labute approximate surface area is 99.8 Å². The van der Waals surface area contributed by atoms with Crippen LogP contribution >= 0.6 is 0 Å². The van der Waals surface area contributed by atoms with Gasteiger partial charge in [0.25, 0.3) is 0 Å². The fraction of sp³-hybridized carbons (Fsp3) is 0.250. The molecule has 4 aliphatic carbocycles. The molecule has 0 heterocycles. The van der Waals surface area contributed by atoms with Crippen LogP contribution in [0.2, 0.25) is 0 Å². The minimum Gasteiger partial charge on any atom is -0.0588 e. The monoisotopic (exact) mass is 210 g/mol. The Kier molecular flexibility index (Phi) is 1.98. The predicted molar refractivity (Wildman–Crippen MR) is 67.7 cm³/mol. The van der Waals surface area contributed by atoms with Gasteiger partial charge >= 0.3 is 0 Å². The first kappa shape index (κ1) is 7.67. The van der Waals surface area contributed by atoms with E-state index in [0.717, 1.165) is 36.8 Å². The molecular formula is C16H16. The van der Waals surface area contributed by atoms with Crippen molar-refractivity contribution >= 4 is 0 Å². The zero-order valence-electron chi connectivity index (χ0n) is 11.3. The fourth-order valence-electron chi connectivity index (χ4n) is 2.16. The lowest BCUT2D eigenvalue weighted by atomic mass is 9.97. The minimum absolute atomic E-state index is 0.647. The maximum Gasteiger partial charge on any atom is 0.0626 e.